The molecule has 99 valence electrons. The van der Waals surface area contributed by atoms with Crippen LogP contribution >= 0.6 is 60.7 Å². The van der Waals surface area contributed by atoms with Gasteiger partial charge in [-0.15, -0.1) is 0 Å². The maximum atomic E-state index is 12.7. The lowest BCUT2D eigenvalue weighted by Crippen LogP contribution is -1.96. The van der Waals surface area contributed by atoms with Crippen molar-refractivity contribution in [1.29, 1.82) is 0 Å². The van der Waals surface area contributed by atoms with E-state index in [1.807, 2.05) is 0 Å². The third-order valence-corrected chi connectivity index (χ3v) is 5.10. The average molecular weight is 355 g/mol. The summed E-state index contributed by atoms with van der Waals surface area (Å²) in [5.41, 5.74) is -0.673. The van der Waals surface area contributed by atoms with Gasteiger partial charge in [-0.25, -0.2) is 0 Å². The second kappa shape index (κ2) is 7.78. The molecule has 0 unspecified atom stereocenters. The Morgan fingerprint density at radius 1 is 0.611 bits per heavy atom. The van der Waals surface area contributed by atoms with E-state index in [0.29, 0.717) is 0 Å². The summed E-state index contributed by atoms with van der Waals surface area (Å²) in [5.74, 6) is 0. The highest BCUT2D eigenvalue weighted by Crippen LogP contribution is 2.51. The van der Waals surface area contributed by atoms with Crippen LogP contribution in [-0.4, -0.2) is 6.29 Å². The first-order valence-electron chi connectivity index (χ1n) is 3.75. The van der Waals surface area contributed by atoms with E-state index in [4.69, 9.17) is 0 Å². The maximum Gasteiger partial charge on any atom is 0.236 e. The summed E-state index contributed by atoms with van der Waals surface area (Å²) in [6, 6.07) is 0. The highest BCUT2D eigenvalue weighted by atomic mass is 32.2. The molecular weight excluding hydrogens is 355 g/mol. The van der Waals surface area contributed by atoms with Crippen LogP contribution in [0.2, 0.25) is 0 Å². The molecule has 1 nitrogen and oxygen atoms in total. The Labute approximate surface area is 121 Å². The van der Waals surface area contributed by atoms with Crippen LogP contribution in [0.3, 0.4) is 0 Å². The van der Waals surface area contributed by atoms with Gasteiger partial charge in [-0.3, -0.25) is 4.79 Å². The lowest BCUT2D eigenvalue weighted by molar-refractivity contribution is 0.560. The third kappa shape index (κ3) is 2.89. The van der Waals surface area contributed by atoms with Crippen LogP contribution in [0.25, 0.3) is 0 Å². The van der Waals surface area contributed by atoms with Gasteiger partial charge >= 0.3 is 0 Å². The smallest absolute Gasteiger partial charge is 0.236 e. The Balaban J connectivity index is 3.77. The number of benzene rings is 1. The second-order valence-corrected chi connectivity index (χ2v) is 5.32. The van der Waals surface area contributed by atoms with E-state index in [0.717, 1.165) is 0 Å². The molecule has 0 aliphatic heterocycles. The van der Waals surface area contributed by atoms with E-state index in [1.165, 1.54) is 6.29 Å². The molecule has 1 aromatic rings. The summed E-state index contributed by atoms with van der Waals surface area (Å²) in [7, 11) is 0. The molecule has 0 aliphatic rings. The lowest BCUT2D eigenvalue weighted by atomic mass is 10.2. The molecule has 1 aromatic carbocycles. The molecule has 0 bridgehead atoms. The van der Waals surface area contributed by atoms with Gasteiger partial charge in [0.2, 0.25) is 6.29 Å². The van der Waals surface area contributed by atoms with Gasteiger partial charge in [0.05, 0.1) is 90.8 Å². The van der Waals surface area contributed by atoms with E-state index >= 15 is 0 Å². The zero-order chi connectivity index (χ0) is 13.7. The predicted octanol–water partition coefficient (Wildman–Crippen LogP) is 6.03. The van der Waals surface area contributed by atoms with Gasteiger partial charge in [0, 0.05) is 0 Å². The minimum absolute atomic E-state index is 0.562. The third-order valence-electron chi connectivity index (χ3n) is 1.77. The van der Waals surface area contributed by atoms with Crippen LogP contribution in [0.4, 0.5) is 19.4 Å². The van der Waals surface area contributed by atoms with Crippen molar-refractivity contribution in [3.8, 4) is 0 Å². The molecule has 0 amide bonds. The minimum Gasteiger partial charge on any atom is -0.285 e. The Bertz CT molecular complexity index is 423. The van der Waals surface area contributed by atoms with Gasteiger partial charge in [-0.05, 0) is 0 Å². The predicted molar refractivity (Wildman–Crippen MR) is 66.1 cm³/mol. The summed E-state index contributed by atoms with van der Waals surface area (Å²) >= 11 is -2.82. The van der Waals surface area contributed by atoms with Crippen LogP contribution in [0.5, 0.6) is 0 Å². The molecule has 11 heteroatoms. The Kier molecular flexibility index (Phi) is 7.06. The molecular formula is C7F5OS5. The molecule has 18 heavy (non-hydrogen) atoms. The Morgan fingerprint density at radius 2 is 0.889 bits per heavy atom. The quantitative estimate of drug-likeness (QED) is 0.576. The van der Waals surface area contributed by atoms with Crippen molar-refractivity contribution in [2.75, 3.05) is 0 Å². The summed E-state index contributed by atoms with van der Waals surface area (Å²) in [5, 5.41) is 0. The van der Waals surface area contributed by atoms with Crippen molar-refractivity contribution < 1.29 is 24.2 Å². The van der Waals surface area contributed by atoms with Gasteiger partial charge in [0.15, 0.2) is 0 Å². The van der Waals surface area contributed by atoms with Gasteiger partial charge < -0.3 is 0 Å². The van der Waals surface area contributed by atoms with E-state index in [-0.39, 0.29) is 0 Å². The monoisotopic (exact) mass is 355 g/mol. The van der Waals surface area contributed by atoms with E-state index in [2.05, 4.69) is 0 Å². The largest absolute Gasteiger partial charge is 0.285 e. The molecule has 0 spiro atoms. The van der Waals surface area contributed by atoms with Crippen LogP contribution < -0.4 is 0 Å². The molecule has 1 rings (SSSR count). The standard InChI is InChI=1S/C7F5OS5/c8-14-3-2(1-13)4(15-9)6(17-11)7(18-12)5(3)16-10. The Hall–Kier alpha value is 0.290. The Morgan fingerprint density at radius 3 is 1.11 bits per heavy atom. The first-order chi connectivity index (χ1) is 8.69. The SMILES string of the molecule is O=[C]c1c(SF)c(SF)c(SF)c(SF)c1SF. The number of hydrogen-bond acceptors (Lipinski definition) is 6. The van der Waals surface area contributed by atoms with Gasteiger partial charge in [0.1, 0.15) is 0 Å². The molecule has 0 heterocycles. The van der Waals surface area contributed by atoms with Crippen LogP contribution in [0.15, 0.2) is 24.5 Å². The van der Waals surface area contributed by atoms with Crippen molar-refractivity contribution in [2.24, 2.45) is 0 Å². The molecule has 0 atom stereocenters. The van der Waals surface area contributed by atoms with E-state index in [1.54, 1.807) is 0 Å². The van der Waals surface area contributed by atoms with Crippen molar-refractivity contribution in [3.05, 3.63) is 5.56 Å². The van der Waals surface area contributed by atoms with E-state index in [9.17, 15) is 24.2 Å². The summed E-state index contributed by atoms with van der Waals surface area (Å²) in [6.07, 6.45) is 1.20. The number of hydrogen-bond donors (Lipinski definition) is 0. The van der Waals surface area contributed by atoms with Gasteiger partial charge in [-0.2, -0.15) is 19.4 Å². The topological polar surface area (TPSA) is 17.1 Å². The maximum absolute atomic E-state index is 12.7. The number of carbonyl (C=O) groups excluding carboxylic acids is 1. The highest BCUT2D eigenvalue weighted by molar-refractivity contribution is 8.00. The number of rotatable bonds is 6. The first-order valence-corrected chi connectivity index (χ1v) is 7.33. The highest BCUT2D eigenvalue weighted by Gasteiger charge is 2.28. The second-order valence-electron chi connectivity index (χ2n) is 2.51. The summed E-state index contributed by atoms with van der Waals surface area (Å²) in [6.45, 7) is 0. The van der Waals surface area contributed by atoms with Crippen LogP contribution in [0.1, 0.15) is 5.56 Å². The summed E-state index contributed by atoms with van der Waals surface area (Å²) < 4.78 is 63.4. The fraction of sp³-hybridized carbons (Fsp3) is 0. The normalized spacial score (nSPS) is 10.7. The number of halogens is 5. The van der Waals surface area contributed by atoms with Crippen molar-refractivity contribution in [3.63, 3.8) is 0 Å². The lowest BCUT2D eigenvalue weighted by Gasteiger charge is -2.13. The fourth-order valence-electron chi connectivity index (χ4n) is 1.09. The molecule has 0 aromatic heterocycles. The van der Waals surface area contributed by atoms with E-state index < -0.39 is 90.8 Å². The van der Waals surface area contributed by atoms with Crippen molar-refractivity contribution in [2.45, 2.75) is 24.5 Å². The zero-order valence-electron chi connectivity index (χ0n) is 7.84. The van der Waals surface area contributed by atoms with Gasteiger partial charge in [0.25, 0.3) is 0 Å². The molecule has 0 saturated heterocycles. The van der Waals surface area contributed by atoms with Crippen LogP contribution in [0, 0.1) is 0 Å². The molecule has 0 aliphatic carbocycles. The molecule has 0 fully saturated rings. The van der Waals surface area contributed by atoms with Crippen molar-refractivity contribution in [1.82, 2.24) is 0 Å². The molecule has 0 N–H and O–H groups in total. The molecule has 0 saturated carbocycles. The minimum atomic E-state index is -0.673. The van der Waals surface area contributed by atoms with Gasteiger partial charge in [-0.1, -0.05) is 0 Å². The summed E-state index contributed by atoms with van der Waals surface area (Å²) in [4.78, 5) is 7.54. The molecule has 1 radical (unpaired) electrons. The van der Waals surface area contributed by atoms with Crippen LogP contribution in [-0.2, 0) is 4.79 Å². The zero-order valence-corrected chi connectivity index (χ0v) is 11.9. The van der Waals surface area contributed by atoms with Crippen molar-refractivity contribution >= 4 is 67.0 Å². The first kappa shape index (κ1) is 16.3. The average Bonchev–Trinajstić information content (AvgIpc) is 2.43. The fourth-order valence-corrected chi connectivity index (χ4v) is 3.92.